The Hall–Kier alpha value is -2.48. The van der Waals surface area contributed by atoms with E-state index in [2.05, 4.69) is 44.3 Å². The van der Waals surface area contributed by atoms with Crippen molar-refractivity contribution in [2.75, 3.05) is 0 Å². The van der Waals surface area contributed by atoms with Crippen LogP contribution in [0.15, 0.2) is 49.6 Å². The highest BCUT2D eigenvalue weighted by Gasteiger charge is 2.18. The number of aromatic hydroxyl groups is 2. The number of allylic oxidation sites excluding steroid dienone is 2. The van der Waals surface area contributed by atoms with Gasteiger partial charge in [-0.05, 0) is 66.5 Å². The van der Waals surface area contributed by atoms with Crippen LogP contribution < -0.4 is 0 Å². The lowest BCUT2D eigenvalue weighted by Gasteiger charge is -2.21. The van der Waals surface area contributed by atoms with E-state index in [-0.39, 0.29) is 5.92 Å². The van der Waals surface area contributed by atoms with Crippen molar-refractivity contribution in [3.05, 3.63) is 83.0 Å². The number of benzene rings is 2. The van der Waals surface area contributed by atoms with Gasteiger partial charge in [0.05, 0.1) is 0 Å². The Bertz CT molecular complexity index is 722. The largest absolute Gasteiger partial charge is 0.507 e. The van der Waals surface area contributed by atoms with Gasteiger partial charge in [-0.25, -0.2) is 0 Å². The van der Waals surface area contributed by atoms with Gasteiger partial charge >= 0.3 is 0 Å². The molecule has 0 bridgehead atoms. The van der Waals surface area contributed by atoms with E-state index in [0.29, 0.717) is 24.3 Å². The molecule has 0 spiro atoms. The summed E-state index contributed by atoms with van der Waals surface area (Å²) in [4.78, 5) is 0. The molecule has 0 aromatic heterocycles. The van der Waals surface area contributed by atoms with E-state index >= 15 is 0 Å². The van der Waals surface area contributed by atoms with Crippen molar-refractivity contribution in [2.24, 2.45) is 0 Å². The minimum atomic E-state index is 0.214. The van der Waals surface area contributed by atoms with E-state index in [9.17, 15) is 10.2 Å². The van der Waals surface area contributed by atoms with E-state index in [1.807, 2.05) is 26.0 Å². The second kappa shape index (κ2) is 8.06. The summed E-state index contributed by atoms with van der Waals surface area (Å²) >= 11 is 0. The van der Waals surface area contributed by atoms with Gasteiger partial charge in [-0.2, -0.15) is 0 Å². The predicted octanol–water partition coefficient (Wildman–Crippen LogP) is 5.71. The van der Waals surface area contributed by atoms with E-state index in [1.54, 1.807) is 0 Å². The average Bonchev–Trinajstić information content (AvgIpc) is 2.57. The van der Waals surface area contributed by atoms with Gasteiger partial charge in [-0.15, -0.1) is 13.2 Å². The normalized spacial score (nSPS) is 10.9. The predicted molar refractivity (Wildman–Crippen MR) is 106 cm³/mol. The lowest BCUT2D eigenvalue weighted by molar-refractivity contribution is 0.464. The molecule has 0 amide bonds. The van der Waals surface area contributed by atoms with Gasteiger partial charge < -0.3 is 10.2 Å². The van der Waals surface area contributed by atoms with E-state index in [1.165, 1.54) is 11.1 Å². The smallest absolute Gasteiger partial charge is 0.122 e. The number of phenolic OH excluding ortho intramolecular Hbond substituents is 2. The highest BCUT2D eigenvalue weighted by atomic mass is 16.3. The Labute approximate surface area is 151 Å². The zero-order chi connectivity index (χ0) is 18.6. The fraction of sp³-hybridized carbons (Fsp3) is 0.304. The zero-order valence-electron chi connectivity index (χ0n) is 15.5. The Morgan fingerprint density at radius 3 is 1.56 bits per heavy atom. The first kappa shape index (κ1) is 18.9. The molecule has 0 aliphatic heterocycles. The molecular formula is C23H28O2. The van der Waals surface area contributed by atoms with Gasteiger partial charge in [0.1, 0.15) is 11.5 Å². The topological polar surface area (TPSA) is 40.5 Å². The van der Waals surface area contributed by atoms with Gasteiger partial charge in [0.25, 0.3) is 0 Å². The number of phenols is 2. The van der Waals surface area contributed by atoms with Crippen LogP contribution in [-0.4, -0.2) is 10.2 Å². The van der Waals surface area contributed by atoms with E-state index < -0.39 is 0 Å². The van der Waals surface area contributed by atoms with Gasteiger partial charge in [0.2, 0.25) is 0 Å². The van der Waals surface area contributed by atoms with Crippen LogP contribution >= 0.6 is 0 Å². The van der Waals surface area contributed by atoms with Crippen LogP contribution in [0, 0.1) is 13.8 Å². The van der Waals surface area contributed by atoms with Crippen LogP contribution in [0.4, 0.5) is 0 Å². The third-order valence-corrected chi connectivity index (χ3v) is 4.75. The molecule has 2 N–H and O–H groups in total. The van der Waals surface area contributed by atoms with Gasteiger partial charge in [0, 0.05) is 5.92 Å². The minimum Gasteiger partial charge on any atom is -0.507 e. The molecule has 2 aromatic rings. The Kier molecular flexibility index (Phi) is 6.08. The van der Waals surface area contributed by atoms with Crippen molar-refractivity contribution in [1.29, 1.82) is 0 Å². The van der Waals surface area contributed by atoms with E-state index in [0.717, 1.165) is 28.7 Å². The Morgan fingerprint density at radius 2 is 1.24 bits per heavy atom. The molecule has 0 aliphatic carbocycles. The molecule has 2 rings (SSSR count). The average molecular weight is 336 g/mol. The Balaban J connectivity index is 2.57. The summed E-state index contributed by atoms with van der Waals surface area (Å²) in [5, 5.41) is 20.6. The summed E-state index contributed by atoms with van der Waals surface area (Å²) in [5.74, 6) is 0.922. The molecule has 0 unspecified atom stereocenters. The standard InChI is InChI=1S/C23H28O2/c1-6-9-17-13-19(11-15(4)22(17)24)21(8-3)20-12-16(5)23(25)18(14-20)10-7-2/h6-7,11-14,21,24-25H,1-2,8-10H2,3-5H3. The van der Waals surface area contributed by atoms with Crippen LogP contribution in [0.5, 0.6) is 11.5 Å². The third kappa shape index (κ3) is 3.96. The maximum Gasteiger partial charge on any atom is 0.122 e. The SMILES string of the molecule is C=CCc1cc(C(CC)c2cc(C)c(O)c(CC=C)c2)cc(C)c1O. The molecule has 0 aliphatic rings. The van der Waals surface area contributed by atoms with Crippen molar-refractivity contribution < 1.29 is 10.2 Å². The molecule has 25 heavy (non-hydrogen) atoms. The van der Waals surface area contributed by atoms with Crippen LogP contribution in [0.25, 0.3) is 0 Å². The summed E-state index contributed by atoms with van der Waals surface area (Å²) < 4.78 is 0. The van der Waals surface area contributed by atoms with Crippen LogP contribution in [-0.2, 0) is 12.8 Å². The number of hydrogen-bond acceptors (Lipinski definition) is 2. The first-order chi connectivity index (χ1) is 11.9. The molecule has 2 heteroatoms. The monoisotopic (exact) mass is 336 g/mol. The maximum atomic E-state index is 10.3. The summed E-state index contributed by atoms with van der Waals surface area (Å²) in [6.07, 6.45) is 5.86. The lowest BCUT2D eigenvalue weighted by Crippen LogP contribution is -2.04. The zero-order valence-corrected chi connectivity index (χ0v) is 15.5. The molecule has 0 fully saturated rings. The third-order valence-electron chi connectivity index (χ3n) is 4.75. The Morgan fingerprint density at radius 1 is 0.840 bits per heavy atom. The summed E-state index contributed by atoms with van der Waals surface area (Å²) in [6.45, 7) is 13.6. The minimum absolute atomic E-state index is 0.214. The molecule has 0 saturated carbocycles. The number of rotatable bonds is 7. The van der Waals surface area contributed by atoms with Gasteiger partial charge in [0.15, 0.2) is 0 Å². The molecule has 132 valence electrons. The highest BCUT2D eigenvalue weighted by Crippen LogP contribution is 2.36. The van der Waals surface area contributed by atoms with Crippen LogP contribution in [0.1, 0.15) is 52.6 Å². The molecular weight excluding hydrogens is 308 g/mol. The van der Waals surface area contributed by atoms with Crippen molar-refractivity contribution in [1.82, 2.24) is 0 Å². The quantitative estimate of drug-likeness (QED) is 0.635. The lowest BCUT2D eigenvalue weighted by atomic mass is 9.84. The second-order valence-corrected chi connectivity index (χ2v) is 6.64. The molecule has 2 aromatic carbocycles. The maximum absolute atomic E-state index is 10.3. The number of hydrogen-bond donors (Lipinski definition) is 2. The van der Waals surface area contributed by atoms with Gasteiger partial charge in [-0.1, -0.05) is 43.3 Å². The fourth-order valence-corrected chi connectivity index (χ4v) is 3.45. The van der Waals surface area contributed by atoms with Crippen LogP contribution in [0.3, 0.4) is 0 Å². The molecule has 2 nitrogen and oxygen atoms in total. The van der Waals surface area contributed by atoms with Crippen molar-refractivity contribution in [3.63, 3.8) is 0 Å². The molecule has 0 radical (unpaired) electrons. The van der Waals surface area contributed by atoms with Crippen molar-refractivity contribution in [3.8, 4) is 11.5 Å². The fourth-order valence-electron chi connectivity index (χ4n) is 3.45. The molecule has 0 saturated heterocycles. The first-order valence-corrected chi connectivity index (χ1v) is 8.79. The summed E-state index contributed by atoms with van der Waals surface area (Å²) in [7, 11) is 0. The van der Waals surface area contributed by atoms with Gasteiger partial charge in [-0.3, -0.25) is 0 Å². The second-order valence-electron chi connectivity index (χ2n) is 6.64. The van der Waals surface area contributed by atoms with Crippen molar-refractivity contribution >= 4 is 0 Å². The van der Waals surface area contributed by atoms with Crippen LogP contribution in [0.2, 0.25) is 0 Å². The molecule has 0 atom stereocenters. The van der Waals surface area contributed by atoms with E-state index in [4.69, 9.17) is 0 Å². The first-order valence-electron chi connectivity index (χ1n) is 8.79. The highest BCUT2D eigenvalue weighted by molar-refractivity contribution is 5.50. The summed E-state index contributed by atoms with van der Waals surface area (Å²) in [5.41, 5.74) is 5.95. The summed E-state index contributed by atoms with van der Waals surface area (Å²) in [6, 6.07) is 8.28. The van der Waals surface area contributed by atoms with Crippen molar-refractivity contribution in [2.45, 2.75) is 46.0 Å². The molecule has 0 heterocycles. The number of aryl methyl sites for hydroxylation is 2.